The summed E-state index contributed by atoms with van der Waals surface area (Å²) in [7, 11) is -4.33. The Bertz CT molecular complexity index is 1700. The number of amides is 2. The number of nitrogens with one attached hydrogen (secondary N) is 1. The number of rotatable bonds is 13. The van der Waals surface area contributed by atoms with Gasteiger partial charge >= 0.3 is 0 Å². The van der Waals surface area contributed by atoms with Crippen LogP contribution in [0.1, 0.15) is 30.5 Å². The first kappa shape index (κ1) is 33.7. The van der Waals surface area contributed by atoms with E-state index in [1.54, 1.807) is 48.5 Å². The van der Waals surface area contributed by atoms with Gasteiger partial charge in [0.1, 0.15) is 18.4 Å². The van der Waals surface area contributed by atoms with Crippen molar-refractivity contribution in [2.24, 2.45) is 5.92 Å². The molecule has 1 atom stereocenters. The Balaban J connectivity index is 1.80. The molecule has 0 radical (unpaired) electrons. The third-order valence-electron chi connectivity index (χ3n) is 7.26. The molecule has 236 valence electrons. The SMILES string of the molecule is Cc1ccc(N(CC(=O)N(Cc2ccccc2Cl)[C@@H](Cc2ccccc2)C(=O)NCC(C)C)S(=O)(=O)c2ccc(F)cc2)cc1. The predicted octanol–water partition coefficient (Wildman–Crippen LogP) is 6.40. The maximum absolute atomic E-state index is 14.5. The minimum absolute atomic E-state index is 0.0383. The monoisotopic (exact) mass is 649 g/mol. The van der Waals surface area contributed by atoms with Gasteiger partial charge in [0.05, 0.1) is 10.6 Å². The van der Waals surface area contributed by atoms with Crippen molar-refractivity contribution >= 4 is 39.1 Å². The first-order valence-corrected chi connectivity index (χ1v) is 16.5. The molecule has 4 aromatic rings. The molecule has 0 aliphatic carbocycles. The summed E-state index contributed by atoms with van der Waals surface area (Å²) in [4.78, 5) is 29.5. The minimum Gasteiger partial charge on any atom is -0.354 e. The van der Waals surface area contributed by atoms with Crippen LogP contribution in [0.5, 0.6) is 0 Å². The lowest BCUT2D eigenvalue weighted by atomic mass is 10.0. The second-order valence-corrected chi connectivity index (χ2v) is 13.5. The third kappa shape index (κ3) is 8.93. The van der Waals surface area contributed by atoms with Gasteiger partial charge in [-0.1, -0.05) is 91.7 Å². The zero-order valence-corrected chi connectivity index (χ0v) is 27.1. The summed E-state index contributed by atoms with van der Waals surface area (Å²) < 4.78 is 42.7. The molecule has 0 spiro atoms. The van der Waals surface area contributed by atoms with Crippen LogP contribution in [0, 0.1) is 18.7 Å². The minimum atomic E-state index is -4.33. The normalized spacial score (nSPS) is 12.0. The van der Waals surface area contributed by atoms with E-state index in [-0.39, 0.29) is 35.4 Å². The summed E-state index contributed by atoms with van der Waals surface area (Å²) in [5.41, 5.74) is 2.58. The Morgan fingerprint density at radius 1 is 0.867 bits per heavy atom. The van der Waals surface area contributed by atoms with E-state index in [9.17, 15) is 22.4 Å². The van der Waals surface area contributed by atoms with Crippen molar-refractivity contribution in [3.05, 3.63) is 131 Å². The third-order valence-corrected chi connectivity index (χ3v) is 9.41. The van der Waals surface area contributed by atoms with Gasteiger partial charge in [-0.3, -0.25) is 13.9 Å². The Labute approximate surface area is 269 Å². The van der Waals surface area contributed by atoms with Crippen LogP contribution in [0.25, 0.3) is 0 Å². The van der Waals surface area contributed by atoms with E-state index in [1.807, 2.05) is 51.1 Å². The van der Waals surface area contributed by atoms with Crippen LogP contribution >= 0.6 is 11.6 Å². The van der Waals surface area contributed by atoms with Crippen molar-refractivity contribution in [2.45, 2.75) is 44.7 Å². The van der Waals surface area contributed by atoms with Crippen molar-refractivity contribution in [3.63, 3.8) is 0 Å². The molecule has 0 bridgehead atoms. The number of benzene rings is 4. The molecule has 10 heteroatoms. The zero-order chi connectivity index (χ0) is 32.6. The first-order valence-electron chi connectivity index (χ1n) is 14.6. The summed E-state index contributed by atoms with van der Waals surface area (Å²) in [6.07, 6.45) is 0.191. The van der Waals surface area contributed by atoms with Gasteiger partial charge < -0.3 is 10.2 Å². The first-order chi connectivity index (χ1) is 21.5. The van der Waals surface area contributed by atoms with Crippen LogP contribution in [0.3, 0.4) is 0 Å². The van der Waals surface area contributed by atoms with Gasteiger partial charge in [0.2, 0.25) is 11.8 Å². The molecule has 45 heavy (non-hydrogen) atoms. The largest absolute Gasteiger partial charge is 0.354 e. The second-order valence-electron chi connectivity index (χ2n) is 11.3. The number of hydrogen-bond donors (Lipinski definition) is 1. The molecule has 0 aliphatic rings. The maximum Gasteiger partial charge on any atom is 0.264 e. The number of halogens is 2. The lowest BCUT2D eigenvalue weighted by Gasteiger charge is -2.34. The molecule has 7 nitrogen and oxygen atoms in total. The van der Waals surface area contributed by atoms with Crippen LogP contribution in [-0.4, -0.2) is 44.3 Å². The molecule has 4 aromatic carbocycles. The number of sulfonamides is 1. The van der Waals surface area contributed by atoms with Gasteiger partial charge in [0.25, 0.3) is 10.0 Å². The highest BCUT2D eigenvalue weighted by Crippen LogP contribution is 2.26. The van der Waals surface area contributed by atoms with Crippen molar-refractivity contribution in [1.29, 1.82) is 0 Å². The van der Waals surface area contributed by atoms with Gasteiger partial charge in [-0.25, -0.2) is 12.8 Å². The van der Waals surface area contributed by atoms with E-state index in [4.69, 9.17) is 11.6 Å². The van der Waals surface area contributed by atoms with Gasteiger partial charge in [0, 0.05) is 24.5 Å². The fraction of sp³-hybridized carbons (Fsp3) is 0.257. The quantitative estimate of drug-likeness (QED) is 0.182. The fourth-order valence-corrected chi connectivity index (χ4v) is 6.37. The average Bonchev–Trinajstić information content (AvgIpc) is 3.02. The summed E-state index contributed by atoms with van der Waals surface area (Å²) >= 11 is 6.53. The Morgan fingerprint density at radius 3 is 2.11 bits per heavy atom. The maximum atomic E-state index is 14.5. The van der Waals surface area contributed by atoms with Crippen LogP contribution in [-0.2, 0) is 32.6 Å². The van der Waals surface area contributed by atoms with Crippen LogP contribution in [0.4, 0.5) is 10.1 Å². The Kier molecular flexibility index (Phi) is 11.4. The number of carbonyl (C=O) groups is 2. The number of anilines is 1. The number of aryl methyl sites for hydroxylation is 1. The van der Waals surface area contributed by atoms with Gasteiger partial charge in [-0.15, -0.1) is 0 Å². The molecular weight excluding hydrogens is 613 g/mol. The van der Waals surface area contributed by atoms with E-state index in [1.165, 1.54) is 4.90 Å². The Hall–Kier alpha value is -4.21. The topological polar surface area (TPSA) is 86.8 Å². The predicted molar refractivity (Wildman–Crippen MR) is 176 cm³/mol. The molecule has 1 N–H and O–H groups in total. The lowest BCUT2D eigenvalue weighted by Crippen LogP contribution is -2.53. The second kappa shape index (κ2) is 15.2. The highest BCUT2D eigenvalue weighted by atomic mass is 35.5. The molecule has 0 aliphatic heterocycles. The van der Waals surface area contributed by atoms with E-state index in [0.29, 0.717) is 17.1 Å². The molecule has 0 heterocycles. The van der Waals surface area contributed by atoms with Gasteiger partial charge in [-0.05, 0) is 66.4 Å². The molecule has 0 fully saturated rings. The Morgan fingerprint density at radius 2 is 1.49 bits per heavy atom. The van der Waals surface area contributed by atoms with E-state index in [2.05, 4.69) is 5.32 Å². The molecule has 2 amide bonds. The molecule has 0 unspecified atom stereocenters. The van der Waals surface area contributed by atoms with Crippen molar-refractivity contribution in [1.82, 2.24) is 10.2 Å². The van der Waals surface area contributed by atoms with Crippen molar-refractivity contribution < 1.29 is 22.4 Å². The molecule has 0 saturated carbocycles. The van der Waals surface area contributed by atoms with Gasteiger partial charge in [-0.2, -0.15) is 0 Å². The molecule has 4 rings (SSSR count). The van der Waals surface area contributed by atoms with Crippen LogP contribution in [0.15, 0.2) is 108 Å². The summed E-state index contributed by atoms with van der Waals surface area (Å²) in [5, 5.41) is 3.37. The number of hydrogen-bond acceptors (Lipinski definition) is 4. The van der Waals surface area contributed by atoms with Crippen molar-refractivity contribution in [3.8, 4) is 0 Å². The van der Waals surface area contributed by atoms with Crippen LogP contribution < -0.4 is 9.62 Å². The van der Waals surface area contributed by atoms with E-state index in [0.717, 1.165) is 39.7 Å². The fourth-order valence-electron chi connectivity index (χ4n) is 4.76. The number of nitrogens with zero attached hydrogens (tertiary/aromatic N) is 2. The van der Waals surface area contributed by atoms with E-state index < -0.39 is 34.3 Å². The van der Waals surface area contributed by atoms with Crippen molar-refractivity contribution in [2.75, 3.05) is 17.4 Å². The molecule has 0 aromatic heterocycles. The standard InChI is InChI=1S/C35H37ClFN3O4S/c1-25(2)22-38-35(42)33(21-27-9-5-4-6-10-27)39(23-28-11-7-8-12-32(28)36)34(41)24-40(30-17-13-26(3)14-18-30)45(43,44)31-19-15-29(37)16-20-31/h4-20,25,33H,21-24H2,1-3H3,(H,38,42)/t33-/m0/s1. The average molecular weight is 650 g/mol. The highest BCUT2D eigenvalue weighted by molar-refractivity contribution is 7.92. The zero-order valence-electron chi connectivity index (χ0n) is 25.5. The smallest absolute Gasteiger partial charge is 0.264 e. The number of carbonyl (C=O) groups excluding carboxylic acids is 2. The van der Waals surface area contributed by atoms with E-state index >= 15 is 0 Å². The summed E-state index contributed by atoms with van der Waals surface area (Å²) in [5.74, 6) is -1.40. The molecule has 0 saturated heterocycles. The summed E-state index contributed by atoms with van der Waals surface area (Å²) in [6.45, 7) is 5.55. The summed E-state index contributed by atoms with van der Waals surface area (Å²) in [6, 6.07) is 26.5. The molecular formula is C35H37ClFN3O4S. The van der Waals surface area contributed by atoms with Gasteiger partial charge in [0.15, 0.2) is 0 Å². The van der Waals surface area contributed by atoms with Crippen LogP contribution in [0.2, 0.25) is 5.02 Å². The lowest BCUT2D eigenvalue weighted by molar-refractivity contribution is -0.140. The highest BCUT2D eigenvalue weighted by Gasteiger charge is 2.35.